The van der Waals surface area contributed by atoms with Crippen LogP contribution in [0.5, 0.6) is 0 Å². The van der Waals surface area contributed by atoms with Crippen molar-refractivity contribution in [1.82, 2.24) is 0 Å². The molecule has 0 aromatic heterocycles. The Morgan fingerprint density at radius 2 is 2.08 bits per heavy atom. The molecule has 13 heavy (non-hydrogen) atoms. The third-order valence-corrected chi connectivity index (χ3v) is 4.67. The SMILES string of the molecule is N[C@@H]1CCCc2c1ccc(Br)c2Br. The summed E-state index contributed by atoms with van der Waals surface area (Å²) in [6, 6.07) is 4.43. The van der Waals surface area contributed by atoms with Crippen molar-refractivity contribution in [2.75, 3.05) is 0 Å². The van der Waals surface area contributed by atoms with Crippen LogP contribution in [-0.4, -0.2) is 0 Å². The Hall–Kier alpha value is 0.140. The summed E-state index contributed by atoms with van der Waals surface area (Å²) in [4.78, 5) is 0. The van der Waals surface area contributed by atoms with E-state index in [9.17, 15) is 0 Å². The molecule has 0 spiro atoms. The molecule has 0 fully saturated rings. The second kappa shape index (κ2) is 3.71. The van der Waals surface area contributed by atoms with Crippen LogP contribution in [-0.2, 0) is 6.42 Å². The van der Waals surface area contributed by atoms with Gasteiger partial charge in [-0.05, 0) is 68.3 Å². The van der Waals surface area contributed by atoms with Crippen LogP contribution in [0.1, 0.15) is 30.0 Å². The number of hydrogen-bond acceptors (Lipinski definition) is 1. The second-order valence-electron chi connectivity index (χ2n) is 3.43. The van der Waals surface area contributed by atoms with E-state index in [1.807, 2.05) is 0 Å². The lowest BCUT2D eigenvalue weighted by molar-refractivity contribution is 0.568. The fraction of sp³-hybridized carbons (Fsp3) is 0.400. The average molecular weight is 305 g/mol. The van der Waals surface area contributed by atoms with Gasteiger partial charge in [-0.15, -0.1) is 0 Å². The molecule has 0 radical (unpaired) electrons. The zero-order valence-electron chi connectivity index (χ0n) is 7.19. The third-order valence-electron chi connectivity index (χ3n) is 2.57. The molecular weight excluding hydrogens is 294 g/mol. The van der Waals surface area contributed by atoms with Crippen LogP contribution in [0.3, 0.4) is 0 Å². The lowest BCUT2D eigenvalue weighted by Crippen LogP contribution is -2.17. The maximum absolute atomic E-state index is 6.03. The molecule has 1 aliphatic rings. The molecule has 3 heteroatoms. The first-order valence-corrected chi connectivity index (χ1v) is 6.01. The summed E-state index contributed by atoms with van der Waals surface area (Å²) in [5, 5.41) is 0. The largest absolute Gasteiger partial charge is 0.324 e. The van der Waals surface area contributed by atoms with E-state index in [2.05, 4.69) is 44.0 Å². The van der Waals surface area contributed by atoms with Crippen LogP contribution < -0.4 is 5.73 Å². The maximum Gasteiger partial charge on any atom is 0.0352 e. The van der Waals surface area contributed by atoms with E-state index in [0.29, 0.717) is 0 Å². The molecule has 0 amide bonds. The molecule has 2 rings (SSSR count). The van der Waals surface area contributed by atoms with Gasteiger partial charge in [-0.3, -0.25) is 0 Å². The molecule has 0 saturated carbocycles. The molecule has 0 aliphatic heterocycles. The first-order chi connectivity index (χ1) is 6.20. The Morgan fingerprint density at radius 1 is 1.31 bits per heavy atom. The number of rotatable bonds is 0. The highest BCUT2D eigenvalue weighted by atomic mass is 79.9. The molecule has 70 valence electrons. The predicted molar refractivity (Wildman–Crippen MR) is 61.7 cm³/mol. The van der Waals surface area contributed by atoms with Gasteiger partial charge in [-0.1, -0.05) is 6.07 Å². The van der Waals surface area contributed by atoms with Crippen molar-refractivity contribution in [2.24, 2.45) is 5.73 Å². The van der Waals surface area contributed by atoms with E-state index in [0.717, 1.165) is 17.3 Å². The van der Waals surface area contributed by atoms with Crippen molar-refractivity contribution in [3.05, 3.63) is 32.2 Å². The average Bonchev–Trinajstić information content (AvgIpc) is 2.12. The minimum Gasteiger partial charge on any atom is -0.324 e. The van der Waals surface area contributed by atoms with E-state index in [1.165, 1.54) is 22.0 Å². The van der Waals surface area contributed by atoms with Gasteiger partial charge < -0.3 is 5.73 Å². The topological polar surface area (TPSA) is 26.0 Å². The number of halogens is 2. The molecule has 0 saturated heterocycles. The first kappa shape index (κ1) is 9.69. The molecule has 0 heterocycles. The van der Waals surface area contributed by atoms with Crippen LogP contribution in [0.4, 0.5) is 0 Å². The van der Waals surface area contributed by atoms with Gasteiger partial charge in [0.2, 0.25) is 0 Å². The van der Waals surface area contributed by atoms with Gasteiger partial charge >= 0.3 is 0 Å². The van der Waals surface area contributed by atoms with Crippen molar-refractivity contribution in [2.45, 2.75) is 25.3 Å². The Balaban J connectivity index is 2.56. The van der Waals surface area contributed by atoms with Crippen LogP contribution in [0.25, 0.3) is 0 Å². The van der Waals surface area contributed by atoms with Crippen LogP contribution >= 0.6 is 31.9 Å². The second-order valence-corrected chi connectivity index (χ2v) is 5.08. The van der Waals surface area contributed by atoms with E-state index >= 15 is 0 Å². The Bertz CT molecular complexity index is 336. The molecule has 1 nitrogen and oxygen atoms in total. The van der Waals surface area contributed by atoms with E-state index in [-0.39, 0.29) is 6.04 Å². The fourth-order valence-corrected chi connectivity index (χ4v) is 2.79. The van der Waals surface area contributed by atoms with Crippen molar-refractivity contribution in [3.8, 4) is 0 Å². The Labute approximate surface area is 95.0 Å². The highest BCUT2D eigenvalue weighted by Gasteiger charge is 2.19. The maximum atomic E-state index is 6.03. The number of fused-ring (bicyclic) bond motifs is 1. The van der Waals surface area contributed by atoms with Crippen molar-refractivity contribution in [3.63, 3.8) is 0 Å². The highest BCUT2D eigenvalue weighted by Crippen LogP contribution is 2.36. The fourth-order valence-electron chi connectivity index (χ4n) is 1.86. The number of hydrogen-bond donors (Lipinski definition) is 1. The van der Waals surface area contributed by atoms with Gasteiger partial charge in [0.25, 0.3) is 0 Å². The predicted octanol–water partition coefficient (Wildman–Crippen LogP) is 3.55. The minimum absolute atomic E-state index is 0.230. The molecule has 1 aromatic rings. The number of benzene rings is 1. The molecule has 2 N–H and O–H groups in total. The number of nitrogens with two attached hydrogens (primary N) is 1. The standard InChI is InChI=1S/C10H11Br2N/c11-8-5-4-6-7(10(8)12)2-1-3-9(6)13/h4-5,9H,1-3,13H2/t9-/m1/s1. The summed E-state index contributed by atoms with van der Waals surface area (Å²) >= 11 is 7.10. The van der Waals surface area contributed by atoms with Crippen LogP contribution in [0.15, 0.2) is 21.1 Å². The van der Waals surface area contributed by atoms with E-state index < -0.39 is 0 Å². The minimum atomic E-state index is 0.230. The molecule has 1 aromatic carbocycles. The summed E-state index contributed by atoms with van der Waals surface area (Å²) in [7, 11) is 0. The normalized spacial score (nSPS) is 21.3. The lowest BCUT2D eigenvalue weighted by Gasteiger charge is -2.23. The zero-order valence-corrected chi connectivity index (χ0v) is 10.4. The molecular formula is C10H11Br2N. The van der Waals surface area contributed by atoms with Gasteiger partial charge in [-0.2, -0.15) is 0 Å². The van der Waals surface area contributed by atoms with Crippen molar-refractivity contribution < 1.29 is 0 Å². The quantitative estimate of drug-likeness (QED) is 0.779. The van der Waals surface area contributed by atoms with Crippen molar-refractivity contribution in [1.29, 1.82) is 0 Å². The van der Waals surface area contributed by atoms with Crippen LogP contribution in [0, 0.1) is 0 Å². The Kier molecular flexibility index (Phi) is 2.77. The highest BCUT2D eigenvalue weighted by molar-refractivity contribution is 9.13. The van der Waals surface area contributed by atoms with E-state index in [4.69, 9.17) is 5.73 Å². The van der Waals surface area contributed by atoms with Gasteiger partial charge in [0, 0.05) is 15.0 Å². The molecule has 0 unspecified atom stereocenters. The summed E-state index contributed by atoms with van der Waals surface area (Å²) in [5.74, 6) is 0. The first-order valence-electron chi connectivity index (χ1n) is 4.42. The van der Waals surface area contributed by atoms with Gasteiger partial charge in [0.1, 0.15) is 0 Å². The van der Waals surface area contributed by atoms with E-state index in [1.54, 1.807) is 0 Å². The molecule has 0 bridgehead atoms. The monoisotopic (exact) mass is 303 g/mol. The summed E-state index contributed by atoms with van der Waals surface area (Å²) in [6.45, 7) is 0. The summed E-state index contributed by atoms with van der Waals surface area (Å²) < 4.78 is 2.31. The van der Waals surface area contributed by atoms with Crippen LogP contribution in [0.2, 0.25) is 0 Å². The summed E-state index contributed by atoms with van der Waals surface area (Å²) in [6.07, 6.45) is 3.45. The third kappa shape index (κ3) is 1.69. The van der Waals surface area contributed by atoms with Gasteiger partial charge in [0.15, 0.2) is 0 Å². The van der Waals surface area contributed by atoms with Gasteiger partial charge in [0.05, 0.1) is 0 Å². The lowest BCUT2D eigenvalue weighted by atomic mass is 9.88. The van der Waals surface area contributed by atoms with Gasteiger partial charge in [-0.25, -0.2) is 0 Å². The smallest absolute Gasteiger partial charge is 0.0352 e. The summed E-state index contributed by atoms with van der Waals surface area (Å²) in [5.41, 5.74) is 8.72. The molecule has 1 aliphatic carbocycles. The molecule has 1 atom stereocenters. The zero-order chi connectivity index (χ0) is 9.42. The van der Waals surface area contributed by atoms with Crippen molar-refractivity contribution >= 4 is 31.9 Å². The Morgan fingerprint density at radius 3 is 2.85 bits per heavy atom.